The monoisotopic (exact) mass is 493 g/mol. The van der Waals surface area contributed by atoms with Gasteiger partial charge < -0.3 is 29.2 Å². The summed E-state index contributed by atoms with van der Waals surface area (Å²) in [6, 6.07) is 6.42. The summed E-state index contributed by atoms with van der Waals surface area (Å²) < 4.78 is 22.7. The molecule has 188 valence electrons. The van der Waals surface area contributed by atoms with Gasteiger partial charge in [-0.2, -0.15) is 0 Å². The molecule has 0 radical (unpaired) electrons. The molecular formula is C25H27N5O6. The van der Waals surface area contributed by atoms with Crippen LogP contribution < -0.4 is 19.5 Å². The molecule has 3 aromatic rings. The number of rotatable bonds is 8. The number of carbonyl (C=O) groups excluding carboxylic acids is 2. The first kappa shape index (κ1) is 24.9. The number of carbonyl (C=O) groups is 2. The highest BCUT2D eigenvalue weighted by Gasteiger charge is 2.23. The minimum Gasteiger partial charge on any atom is -0.489 e. The molecule has 3 heterocycles. The Hall–Kier alpha value is -4.25. The lowest BCUT2D eigenvalue weighted by atomic mass is 10.2. The summed E-state index contributed by atoms with van der Waals surface area (Å²) in [4.78, 5) is 39.5. The zero-order valence-electron chi connectivity index (χ0n) is 20.5. The van der Waals surface area contributed by atoms with Crippen LogP contribution in [-0.2, 0) is 4.74 Å². The second-order valence-corrected chi connectivity index (χ2v) is 8.27. The zero-order chi connectivity index (χ0) is 25.7. The molecule has 0 aliphatic carbocycles. The number of anilines is 1. The number of ether oxygens (including phenoxy) is 4. The van der Waals surface area contributed by atoms with Gasteiger partial charge in [0.05, 0.1) is 37.4 Å². The van der Waals surface area contributed by atoms with E-state index in [1.54, 1.807) is 56.4 Å². The molecule has 11 nitrogen and oxygen atoms in total. The van der Waals surface area contributed by atoms with Crippen LogP contribution in [0.4, 0.5) is 5.82 Å². The largest absolute Gasteiger partial charge is 0.489 e. The van der Waals surface area contributed by atoms with Gasteiger partial charge in [-0.25, -0.2) is 9.97 Å². The van der Waals surface area contributed by atoms with Gasteiger partial charge in [0, 0.05) is 31.9 Å². The van der Waals surface area contributed by atoms with E-state index in [1.807, 2.05) is 6.92 Å². The van der Waals surface area contributed by atoms with Gasteiger partial charge in [0.1, 0.15) is 30.0 Å². The Labute approximate surface area is 208 Å². The number of fused-ring (bicyclic) bond motifs is 1. The van der Waals surface area contributed by atoms with Crippen LogP contribution in [0.2, 0.25) is 0 Å². The average molecular weight is 494 g/mol. The van der Waals surface area contributed by atoms with Gasteiger partial charge in [-0.05, 0) is 26.0 Å². The van der Waals surface area contributed by atoms with Gasteiger partial charge in [-0.3, -0.25) is 14.6 Å². The van der Waals surface area contributed by atoms with E-state index in [2.05, 4.69) is 20.3 Å². The number of aromatic nitrogens is 3. The van der Waals surface area contributed by atoms with Gasteiger partial charge in [0.25, 0.3) is 11.8 Å². The molecule has 2 amide bonds. The van der Waals surface area contributed by atoms with Crippen LogP contribution in [0.15, 0.2) is 42.9 Å². The third-order valence-electron chi connectivity index (χ3n) is 5.20. The number of nitrogens with one attached hydrogen (secondary N) is 1. The summed E-state index contributed by atoms with van der Waals surface area (Å²) in [5, 5.41) is 2.72. The summed E-state index contributed by atoms with van der Waals surface area (Å²) in [5.41, 5.74) is 1.23. The van der Waals surface area contributed by atoms with Crippen LogP contribution in [0.25, 0.3) is 0 Å². The molecule has 1 atom stereocenters. The molecule has 0 saturated carbocycles. The fourth-order valence-electron chi connectivity index (χ4n) is 3.44. The maximum atomic E-state index is 13.0. The Balaban J connectivity index is 1.61. The molecule has 2 aromatic heterocycles. The average Bonchev–Trinajstić information content (AvgIpc) is 2.98. The fourth-order valence-corrected chi connectivity index (χ4v) is 3.44. The fraction of sp³-hybridized carbons (Fsp3) is 0.320. The first-order valence-electron chi connectivity index (χ1n) is 11.3. The molecule has 0 bridgehead atoms. The van der Waals surface area contributed by atoms with Crippen molar-refractivity contribution in [3.05, 3.63) is 59.8 Å². The Morgan fingerprint density at radius 1 is 1.11 bits per heavy atom. The Bertz CT molecular complexity index is 1250. The minimum atomic E-state index is -0.417. The molecule has 36 heavy (non-hydrogen) atoms. The molecule has 0 spiro atoms. The van der Waals surface area contributed by atoms with Crippen molar-refractivity contribution < 1.29 is 28.5 Å². The summed E-state index contributed by atoms with van der Waals surface area (Å²) in [6.45, 7) is 4.81. The van der Waals surface area contributed by atoms with Crippen molar-refractivity contribution in [2.45, 2.75) is 20.0 Å². The van der Waals surface area contributed by atoms with E-state index in [-0.39, 0.29) is 23.3 Å². The van der Waals surface area contributed by atoms with Crippen molar-refractivity contribution in [1.82, 2.24) is 19.9 Å². The summed E-state index contributed by atoms with van der Waals surface area (Å²) in [7, 11) is 3.27. The molecule has 0 unspecified atom stereocenters. The highest BCUT2D eigenvalue weighted by Crippen LogP contribution is 2.32. The Kier molecular flexibility index (Phi) is 7.59. The molecule has 0 saturated heterocycles. The number of likely N-dealkylation sites (N-methyl/N-ethyl adjacent to an activating group) is 1. The number of amides is 2. The van der Waals surface area contributed by atoms with Crippen molar-refractivity contribution in [2.75, 3.05) is 39.2 Å². The van der Waals surface area contributed by atoms with Gasteiger partial charge in [-0.15, -0.1) is 0 Å². The predicted molar refractivity (Wildman–Crippen MR) is 130 cm³/mol. The maximum absolute atomic E-state index is 13.0. The number of benzene rings is 1. The molecule has 0 fully saturated rings. The van der Waals surface area contributed by atoms with Crippen molar-refractivity contribution in [2.24, 2.45) is 0 Å². The van der Waals surface area contributed by atoms with E-state index >= 15 is 0 Å². The van der Waals surface area contributed by atoms with Crippen molar-refractivity contribution in [1.29, 1.82) is 0 Å². The number of hydrogen-bond donors (Lipinski definition) is 1. The third-order valence-corrected chi connectivity index (χ3v) is 5.20. The standard InChI is InChI=1S/C25H27N5O6/c1-15-11-27-22(13-26-15)29-24(31)17-7-18(35-16(2)14-33-4)9-19(8-17)36-20-10-21-23(28-12-20)25(32)30(3)5-6-34-21/h7-13,16H,5-6,14H2,1-4H3,(H,27,29,31)/t16-/m0/s1. The van der Waals surface area contributed by atoms with Crippen molar-refractivity contribution >= 4 is 17.6 Å². The predicted octanol–water partition coefficient (Wildman–Crippen LogP) is 3.10. The van der Waals surface area contributed by atoms with Crippen LogP contribution in [0.5, 0.6) is 23.0 Å². The lowest BCUT2D eigenvalue weighted by molar-refractivity contribution is 0.0791. The van der Waals surface area contributed by atoms with Crippen molar-refractivity contribution in [3.63, 3.8) is 0 Å². The molecule has 1 aliphatic rings. The Morgan fingerprint density at radius 2 is 1.92 bits per heavy atom. The smallest absolute Gasteiger partial charge is 0.276 e. The van der Waals surface area contributed by atoms with Gasteiger partial charge in [0.15, 0.2) is 17.3 Å². The van der Waals surface area contributed by atoms with Gasteiger partial charge >= 0.3 is 0 Å². The van der Waals surface area contributed by atoms with E-state index in [9.17, 15) is 9.59 Å². The van der Waals surface area contributed by atoms with Crippen LogP contribution in [0.1, 0.15) is 33.5 Å². The summed E-state index contributed by atoms with van der Waals surface area (Å²) in [6.07, 6.45) is 4.20. The molecular weight excluding hydrogens is 466 g/mol. The van der Waals surface area contributed by atoms with E-state index in [1.165, 1.54) is 12.4 Å². The maximum Gasteiger partial charge on any atom is 0.276 e. The Morgan fingerprint density at radius 3 is 2.67 bits per heavy atom. The van der Waals surface area contributed by atoms with Crippen LogP contribution >= 0.6 is 0 Å². The number of pyridine rings is 1. The highest BCUT2D eigenvalue weighted by molar-refractivity contribution is 6.04. The molecule has 11 heteroatoms. The van der Waals surface area contributed by atoms with Crippen LogP contribution in [-0.4, -0.2) is 71.7 Å². The second kappa shape index (κ2) is 11.0. The van der Waals surface area contributed by atoms with Gasteiger partial charge in [0.2, 0.25) is 0 Å². The zero-order valence-corrected chi connectivity index (χ0v) is 20.5. The normalized spacial score (nSPS) is 13.8. The second-order valence-electron chi connectivity index (χ2n) is 8.27. The SMILES string of the molecule is COC[C@H](C)Oc1cc(Oc2cnc3c(c2)OCCN(C)C3=O)cc(C(=O)Nc2cnc(C)cn2)c1. The van der Waals surface area contributed by atoms with E-state index in [0.717, 1.165) is 5.69 Å². The third kappa shape index (κ3) is 6.05. The molecule has 4 rings (SSSR count). The first-order chi connectivity index (χ1) is 17.3. The quantitative estimate of drug-likeness (QED) is 0.504. The number of methoxy groups -OCH3 is 1. The van der Waals surface area contributed by atoms with E-state index < -0.39 is 5.91 Å². The van der Waals surface area contributed by atoms with E-state index in [4.69, 9.17) is 18.9 Å². The summed E-state index contributed by atoms with van der Waals surface area (Å²) >= 11 is 0. The lowest BCUT2D eigenvalue weighted by Crippen LogP contribution is -2.28. The topological polar surface area (TPSA) is 125 Å². The number of aryl methyl sites for hydroxylation is 1. The lowest BCUT2D eigenvalue weighted by Gasteiger charge is -2.16. The summed E-state index contributed by atoms with van der Waals surface area (Å²) in [5.74, 6) is 1.08. The number of hydrogen-bond acceptors (Lipinski definition) is 9. The highest BCUT2D eigenvalue weighted by atomic mass is 16.5. The minimum absolute atomic E-state index is 0.215. The van der Waals surface area contributed by atoms with Crippen LogP contribution in [0, 0.1) is 6.92 Å². The number of nitrogens with zero attached hydrogens (tertiary/aromatic N) is 4. The van der Waals surface area contributed by atoms with Gasteiger partial charge in [-0.1, -0.05) is 0 Å². The van der Waals surface area contributed by atoms with E-state index in [0.29, 0.717) is 48.6 Å². The molecule has 1 N–H and O–H groups in total. The molecule has 1 aliphatic heterocycles. The van der Waals surface area contributed by atoms with Crippen molar-refractivity contribution in [3.8, 4) is 23.0 Å². The first-order valence-corrected chi connectivity index (χ1v) is 11.3. The molecule has 1 aromatic carbocycles. The van der Waals surface area contributed by atoms with Crippen LogP contribution in [0.3, 0.4) is 0 Å².